The molecular formula is C22H52NO2Si2+. The highest BCUT2D eigenvalue weighted by Gasteiger charge is 2.48. The van der Waals surface area contributed by atoms with Gasteiger partial charge in [-0.3, -0.25) is 0 Å². The van der Waals surface area contributed by atoms with Gasteiger partial charge in [0.05, 0.1) is 40.0 Å². The van der Waals surface area contributed by atoms with Crippen molar-refractivity contribution < 1.29 is 14.0 Å². The summed E-state index contributed by atoms with van der Waals surface area (Å²) >= 11 is 0. The molecule has 0 saturated heterocycles. The van der Waals surface area contributed by atoms with Crippen LogP contribution in [0.5, 0.6) is 0 Å². The topological polar surface area (TPSA) is 29.5 Å². The van der Waals surface area contributed by atoms with Gasteiger partial charge in [-0.25, -0.2) is 0 Å². The molecule has 0 aliphatic heterocycles. The Balaban J connectivity index is 4.97. The third-order valence-electron chi connectivity index (χ3n) is 7.22. The highest BCUT2D eigenvalue weighted by atomic mass is 28.4. The van der Waals surface area contributed by atoms with E-state index in [1.807, 2.05) is 13.8 Å². The lowest BCUT2D eigenvalue weighted by atomic mass is 10.2. The van der Waals surface area contributed by atoms with Crippen molar-refractivity contribution >= 4 is 16.4 Å². The Kier molecular flexibility index (Phi) is 10.5. The van der Waals surface area contributed by atoms with E-state index in [9.17, 15) is 5.11 Å². The fraction of sp³-hybridized carbons (Fsp3) is 1.00. The van der Waals surface area contributed by atoms with Crippen molar-refractivity contribution in [1.82, 2.24) is 0 Å². The summed E-state index contributed by atoms with van der Waals surface area (Å²) in [5.41, 5.74) is 0. The van der Waals surface area contributed by atoms with E-state index in [4.69, 9.17) is 4.43 Å². The van der Waals surface area contributed by atoms with E-state index < -0.39 is 21.6 Å². The van der Waals surface area contributed by atoms with E-state index in [1.165, 1.54) is 62.3 Å². The van der Waals surface area contributed by atoms with Gasteiger partial charge in [-0.2, -0.15) is 0 Å². The molecule has 0 bridgehead atoms. The van der Waals surface area contributed by atoms with E-state index in [1.54, 1.807) is 0 Å². The van der Waals surface area contributed by atoms with Crippen LogP contribution in [0, 0.1) is 0 Å². The third-order valence-corrected chi connectivity index (χ3v) is 16.4. The average molecular weight is 419 g/mol. The summed E-state index contributed by atoms with van der Waals surface area (Å²) in [6.45, 7) is 26.2. The zero-order chi connectivity index (χ0) is 21.6. The molecule has 0 spiro atoms. The van der Waals surface area contributed by atoms with Crippen molar-refractivity contribution in [2.75, 3.05) is 26.7 Å². The maximum absolute atomic E-state index is 10.6. The summed E-state index contributed by atoms with van der Waals surface area (Å²) in [7, 11) is -1.30. The largest absolute Gasteiger partial charge is 0.412 e. The predicted molar refractivity (Wildman–Crippen MR) is 126 cm³/mol. The molecule has 0 aromatic heterocycles. The number of rotatable bonds is 14. The molecule has 0 radical (unpaired) electrons. The quantitative estimate of drug-likeness (QED) is 0.278. The van der Waals surface area contributed by atoms with Crippen LogP contribution >= 0.6 is 0 Å². The first-order chi connectivity index (χ1) is 12.0. The second-order valence-electron chi connectivity index (χ2n) is 11.2. The molecule has 164 valence electrons. The van der Waals surface area contributed by atoms with E-state index in [0.29, 0.717) is 0 Å². The molecular weight excluding hydrogens is 366 g/mol. The second kappa shape index (κ2) is 10.4. The maximum Gasteiger partial charge on any atom is 0.217 e. The fourth-order valence-electron chi connectivity index (χ4n) is 3.52. The molecule has 0 aromatic rings. The molecule has 0 saturated carbocycles. The summed E-state index contributed by atoms with van der Waals surface area (Å²) in [6, 6.07) is 1.29. The monoisotopic (exact) mass is 418 g/mol. The number of hydrogen-bond donors (Lipinski definition) is 1. The van der Waals surface area contributed by atoms with Gasteiger partial charge < -0.3 is 14.0 Å². The average Bonchev–Trinajstić information content (AvgIpc) is 2.48. The van der Waals surface area contributed by atoms with E-state index in [0.717, 1.165) is 0 Å². The Hall–Kier alpha value is 0.314. The van der Waals surface area contributed by atoms with E-state index in [2.05, 4.69) is 60.9 Å². The Morgan fingerprint density at radius 1 is 0.815 bits per heavy atom. The van der Waals surface area contributed by atoms with E-state index >= 15 is 0 Å². The van der Waals surface area contributed by atoms with Crippen molar-refractivity contribution in [3.63, 3.8) is 0 Å². The van der Waals surface area contributed by atoms with Crippen LogP contribution in [0.25, 0.3) is 0 Å². The summed E-state index contributed by atoms with van der Waals surface area (Å²) < 4.78 is 7.95. The van der Waals surface area contributed by atoms with Gasteiger partial charge >= 0.3 is 0 Å². The summed E-state index contributed by atoms with van der Waals surface area (Å²) in [6.07, 6.45) is 6.54. The molecule has 0 atom stereocenters. The van der Waals surface area contributed by atoms with Crippen molar-refractivity contribution in [3.05, 3.63) is 0 Å². The Bertz CT molecular complexity index is 421. The minimum Gasteiger partial charge on any atom is -0.412 e. The molecule has 3 nitrogen and oxygen atoms in total. The van der Waals surface area contributed by atoms with Crippen LogP contribution in [-0.4, -0.2) is 63.1 Å². The van der Waals surface area contributed by atoms with Gasteiger partial charge in [0.15, 0.2) is 0 Å². The molecule has 5 heteroatoms. The molecule has 0 aliphatic rings. The molecule has 0 heterocycles. The van der Waals surface area contributed by atoms with Gasteiger partial charge in [-0.05, 0) is 66.1 Å². The molecule has 0 aromatic carbocycles. The lowest BCUT2D eigenvalue weighted by Gasteiger charge is -2.48. The number of nitrogens with zero attached hydrogens (tertiary/aromatic N) is 1. The Morgan fingerprint density at radius 2 is 1.22 bits per heavy atom. The van der Waals surface area contributed by atoms with Crippen molar-refractivity contribution in [3.8, 4) is 0 Å². The lowest BCUT2D eigenvalue weighted by molar-refractivity contribution is -0.910. The van der Waals surface area contributed by atoms with Gasteiger partial charge in [0.2, 0.25) is 8.32 Å². The lowest BCUT2D eigenvalue weighted by Crippen LogP contribution is -2.63. The van der Waals surface area contributed by atoms with Gasteiger partial charge in [0.1, 0.15) is 0 Å². The van der Waals surface area contributed by atoms with Crippen LogP contribution in [0.1, 0.15) is 73.6 Å². The molecule has 1 N–H and O–H groups in total. The van der Waals surface area contributed by atoms with Gasteiger partial charge in [0, 0.05) is 5.22 Å². The number of hydrogen-bond acceptors (Lipinski definition) is 2. The summed E-state index contributed by atoms with van der Waals surface area (Å²) in [4.78, 5) is 0. The normalized spacial score (nSPS) is 14.7. The summed E-state index contributed by atoms with van der Waals surface area (Å²) in [5.74, 6) is 0. The third kappa shape index (κ3) is 8.69. The predicted octanol–water partition coefficient (Wildman–Crippen LogP) is 5.98. The SMILES string of the molecule is CCCC[N+](C)(CCCC)CCC[Si](C)(C)C(C)(C)O[Si](C)(C)C(C)(C)O. The van der Waals surface area contributed by atoms with Crippen molar-refractivity contribution in [1.29, 1.82) is 0 Å². The van der Waals surface area contributed by atoms with E-state index in [-0.39, 0.29) is 5.22 Å². The minimum atomic E-state index is -2.17. The van der Waals surface area contributed by atoms with Gasteiger partial charge in [-0.15, -0.1) is 0 Å². The minimum absolute atomic E-state index is 0.112. The molecule has 0 rings (SSSR count). The van der Waals surface area contributed by atoms with Crippen LogP contribution in [-0.2, 0) is 4.43 Å². The highest BCUT2D eigenvalue weighted by molar-refractivity contribution is 6.82. The zero-order valence-corrected chi connectivity index (χ0v) is 22.7. The second-order valence-corrected chi connectivity index (χ2v) is 21.1. The molecule has 0 amide bonds. The van der Waals surface area contributed by atoms with Gasteiger partial charge in [-0.1, -0.05) is 39.8 Å². The van der Waals surface area contributed by atoms with Crippen LogP contribution in [0.2, 0.25) is 32.2 Å². The van der Waals surface area contributed by atoms with Crippen LogP contribution in [0.4, 0.5) is 0 Å². The molecule has 0 aliphatic carbocycles. The van der Waals surface area contributed by atoms with Crippen LogP contribution in [0.15, 0.2) is 0 Å². The van der Waals surface area contributed by atoms with Crippen LogP contribution in [0.3, 0.4) is 0 Å². The highest BCUT2D eigenvalue weighted by Crippen LogP contribution is 2.35. The molecule has 27 heavy (non-hydrogen) atoms. The first-order valence-corrected chi connectivity index (χ1v) is 17.4. The van der Waals surface area contributed by atoms with Crippen LogP contribution < -0.4 is 0 Å². The number of quaternary nitrogens is 1. The zero-order valence-electron chi connectivity index (χ0n) is 20.7. The molecule has 0 unspecified atom stereocenters. The smallest absolute Gasteiger partial charge is 0.217 e. The molecule has 0 fully saturated rings. The first-order valence-electron chi connectivity index (χ1n) is 11.3. The number of unbranched alkanes of at least 4 members (excludes halogenated alkanes) is 2. The van der Waals surface area contributed by atoms with Gasteiger partial charge in [0.25, 0.3) is 0 Å². The fourth-order valence-corrected chi connectivity index (χ4v) is 8.56. The Labute approximate surface area is 173 Å². The van der Waals surface area contributed by atoms with Crippen molar-refractivity contribution in [2.24, 2.45) is 0 Å². The van der Waals surface area contributed by atoms with Crippen molar-refractivity contribution in [2.45, 2.75) is 116 Å². The maximum atomic E-state index is 10.6. The summed E-state index contributed by atoms with van der Waals surface area (Å²) in [5, 5.41) is 9.74. The first kappa shape index (κ1) is 27.3. The Morgan fingerprint density at radius 3 is 1.59 bits per heavy atom. The number of aliphatic hydroxyl groups is 1. The standard InChI is InChI=1S/C22H52NO2Si2/c1-12-14-17-23(7,18-15-13-2)19-16-20-26(8,9)22(5,6)25-27(10,11)21(3,4)24/h24H,12-20H2,1-11H3/q+1.